The molecule has 0 aromatic rings. The van der Waals surface area contributed by atoms with E-state index in [1.807, 2.05) is 10.8 Å². The van der Waals surface area contributed by atoms with Gasteiger partial charge in [0.1, 0.15) is 11.6 Å². The maximum atomic E-state index is 11.0. The molecule has 1 heterocycles. The van der Waals surface area contributed by atoms with Gasteiger partial charge < -0.3 is 4.79 Å². The van der Waals surface area contributed by atoms with Crippen LogP contribution in [0.5, 0.6) is 0 Å². The SMILES string of the molecule is CC[C@@H](C)CC(C)=O.CC[C@H]1CSSCC(=O)C1. The first kappa shape index (κ1) is 18.0. The molecule has 0 aromatic heterocycles. The predicted octanol–water partition coefficient (Wildman–Crippen LogP) is 4.38. The van der Waals surface area contributed by atoms with Gasteiger partial charge in [-0.25, -0.2) is 0 Å². The fourth-order valence-corrected chi connectivity index (χ4v) is 4.07. The van der Waals surface area contributed by atoms with Crippen molar-refractivity contribution in [1.29, 1.82) is 0 Å². The van der Waals surface area contributed by atoms with Crippen LogP contribution in [0.1, 0.15) is 53.4 Å². The Hall–Kier alpha value is 0.0400. The molecule has 0 N–H and O–H groups in total. The maximum absolute atomic E-state index is 11.0. The number of carbonyl (C=O) groups is 2. The van der Waals surface area contributed by atoms with Crippen LogP contribution < -0.4 is 0 Å². The summed E-state index contributed by atoms with van der Waals surface area (Å²) in [6.45, 7) is 8.01. The molecule has 0 aromatic carbocycles. The van der Waals surface area contributed by atoms with Gasteiger partial charge in [-0.1, -0.05) is 55.2 Å². The molecule has 2 atom stereocenters. The summed E-state index contributed by atoms with van der Waals surface area (Å²) in [6.07, 6.45) is 3.83. The second kappa shape index (κ2) is 10.9. The number of hydrogen-bond acceptors (Lipinski definition) is 4. The third kappa shape index (κ3) is 10.0. The lowest BCUT2D eigenvalue weighted by atomic mass is 10.0. The average Bonchev–Trinajstić information content (AvgIpc) is 2.53. The highest BCUT2D eigenvalue weighted by Gasteiger charge is 2.16. The van der Waals surface area contributed by atoms with Gasteiger partial charge in [0.15, 0.2) is 0 Å². The van der Waals surface area contributed by atoms with Crippen molar-refractivity contribution in [3.05, 3.63) is 0 Å². The molecule has 1 saturated heterocycles. The maximum Gasteiger partial charge on any atom is 0.143 e. The van der Waals surface area contributed by atoms with Gasteiger partial charge in [-0.15, -0.1) is 0 Å². The van der Waals surface area contributed by atoms with Crippen molar-refractivity contribution in [2.75, 3.05) is 11.5 Å². The van der Waals surface area contributed by atoms with Crippen molar-refractivity contribution in [2.45, 2.75) is 53.4 Å². The van der Waals surface area contributed by atoms with Gasteiger partial charge in [-0.2, -0.15) is 0 Å². The Morgan fingerprint density at radius 3 is 2.50 bits per heavy atom. The van der Waals surface area contributed by atoms with Crippen LogP contribution in [-0.4, -0.2) is 23.1 Å². The summed E-state index contributed by atoms with van der Waals surface area (Å²) in [5.74, 6) is 3.84. The molecule has 106 valence electrons. The third-order valence-electron chi connectivity index (χ3n) is 3.03. The van der Waals surface area contributed by atoms with Crippen molar-refractivity contribution in [3.8, 4) is 0 Å². The van der Waals surface area contributed by atoms with Gasteiger partial charge in [0.2, 0.25) is 0 Å². The van der Waals surface area contributed by atoms with Gasteiger partial charge >= 0.3 is 0 Å². The summed E-state index contributed by atoms with van der Waals surface area (Å²) >= 11 is 0. The third-order valence-corrected chi connectivity index (χ3v) is 5.51. The second-order valence-corrected chi connectivity index (χ2v) is 7.49. The van der Waals surface area contributed by atoms with Crippen LogP contribution in [0.15, 0.2) is 0 Å². The zero-order chi connectivity index (χ0) is 14.0. The van der Waals surface area contributed by atoms with Crippen LogP contribution in [0.25, 0.3) is 0 Å². The molecule has 0 spiro atoms. The molecule has 1 fully saturated rings. The largest absolute Gasteiger partial charge is 0.300 e. The summed E-state index contributed by atoms with van der Waals surface area (Å²) in [7, 11) is 3.56. The van der Waals surface area contributed by atoms with E-state index in [1.54, 1.807) is 17.7 Å². The lowest BCUT2D eigenvalue weighted by Gasteiger charge is -2.06. The fraction of sp³-hybridized carbons (Fsp3) is 0.857. The van der Waals surface area contributed by atoms with Gasteiger partial charge in [0.05, 0.1) is 5.75 Å². The van der Waals surface area contributed by atoms with Crippen LogP contribution in [0.4, 0.5) is 0 Å². The molecule has 0 amide bonds. The zero-order valence-electron chi connectivity index (χ0n) is 12.0. The summed E-state index contributed by atoms with van der Waals surface area (Å²) in [5.41, 5.74) is 0. The standard InChI is InChI=1S/C7H12OS2.C7H14O/c1-2-6-3-7(8)5-10-9-4-6;1-4-6(2)5-7(3)8/h6H,2-5H2,1H3;6H,4-5H2,1-3H3/t2*6-/m11/s1. The summed E-state index contributed by atoms with van der Waals surface area (Å²) in [4.78, 5) is 21.4. The quantitative estimate of drug-likeness (QED) is 0.720. The fourth-order valence-electron chi connectivity index (χ4n) is 1.59. The number of Topliss-reactive ketones (excluding diaryl/α,β-unsaturated/α-hetero) is 2. The molecule has 2 nitrogen and oxygen atoms in total. The van der Waals surface area contributed by atoms with E-state index >= 15 is 0 Å². The molecule has 0 bridgehead atoms. The van der Waals surface area contributed by atoms with E-state index < -0.39 is 0 Å². The Morgan fingerprint density at radius 1 is 1.39 bits per heavy atom. The molecule has 18 heavy (non-hydrogen) atoms. The molecular formula is C14H26O2S2. The minimum atomic E-state index is 0.305. The Labute approximate surface area is 119 Å². The summed E-state index contributed by atoms with van der Waals surface area (Å²) in [5, 5.41) is 0. The summed E-state index contributed by atoms with van der Waals surface area (Å²) < 4.78 is 0. The first-order chi connectivity index (χ1) is 8.49. The van der Waals surface area contributed by atoms with E-state index in [4.69, 9.17) is 0 Å². The molecule has 0 radical (unpaired) electrons. The van der Waals surface area contributed by atoms with Crippen molar-refractivity contribution in [3.63, 3.8) is 0 Å². The van der Waals surface area contributed by atoms with Crippen LogP contribution in [-0.2, 0) is 9.59 Å². The van der Waals surface area contributed by atoms with Gasteiger partial charge in [0, 0.05) is 18.6 Å². The lowest BCUT2D eigenvalue weighted by Crippen LogP contribution is -2.07. The van der Waals surface area contributed by atoms with Crippen molar-refractivity contribution in [2.24, 2.45) is 11.8 Å². The molecule has 0 aliphatic carbocycles. The van der Waals surface area contributed by atoms with Crippen LogP contribution in [0.3, 0.4) is 0 Å². The number of ketones is 2. The molecular weight excluding hydrogens is 264 g/mol. The highest BCUT2D eigenvalue weighted by atomic mass is 33.1. The topological polar surface area (TPSA) is 34.1 Å². The highest BCUT2D eigenvalue weighted by Crippen LogP contribution is 2.30. The molecule has 0 saturated carbocycles. The van der Waals surface area contributed by atoms with E-state index in [1.165, 1.54) is 0 Å². The number of carbonyl (C=O) groups excluding carboxylic acids is 2. The molecule has 1 aliphatic heterocycles. The number of rotatable bonds is 4. The van der Waals surface area contributed by atoms with Crippen molar-refractivity contribution < 1.29 is 9.59 Å². The van der Waals surface area contributed by atoms with Crippen LogP contribution in [0, 0.1) is 11.8 Å². The van der Waals surface area contributed by atoms with Gasteiger partial charge in [0.25, 0.3) is 0 Å². The first-order valence-electron chi connectivity index (χ1n) is 6.75. The number of hydrogen-bond donors (Lipinski definition) is 0. The van der Waals surface area contributed by atoms with Crippen LogP contribution in [0.2, 0.25) is 0 Å². The normalized spacial score (nSPS) is 21.6. The second-order valence-electron chi connectivity index (χ2n) is 4.98. The van der Waals surface area contributed by atoms with Crippen molar-refractivity contribution >= 4 is 33.2 Å². The van der Waals surface area contributed by atoms with Gasteiger partial charge in [-0.05, 0) is 18.8 Å². The Balaban J connectivity index is 0.000000331. The minimum Gasteiger partial charge on any atom is -0.300 e. The lowest BCUT2D eigenvalue weighted by molar-refractivity contribution is -0.118. The van der Waals surface area contributed by atoms with E-state index in [9.17, 15) is 9.59 Å². The van der Waals surface area contributed by atoms with E-state index in [0.717, 1.165) is 37.2 Å². The Kier molecular flexibility index (Phi) is 10.9. The van der Waals surface area contributed by atoms with Crippen LogP contribution >= 0.6 is 21.6 Å². The van der Waals surface area contributed by atoms with Crippen molar-refractivity contribution in [1.82, 2.24) is 0 Å². The molecule has 1 rings (SSSR count). The van der Waals surface area contributed by atoms with E-state index in [0.29, 0.717) is 23.4 Å². The smallest absolute Gasteiger partial charge is 0.143 e. The Morgan fingerprint density at radius 2 is 2.06 bits per heavy atom. The average molecular weight is 290 g/mol. The summed E-state index contributed by atoms with van der Waals surface area (Å²) in [6, 6.07) is 0. The van der Waals surface area contributed by atoms with Gasteiger partial charge in [-0.3, -0.25) is 4.79 Å². The molecule has 0 unspecified atom stereocenters. The molecule has 4 heteroatoms. The van der Waals surface area contributed by atoms with E-state index in [2.05, 4.69) is 20.8 Å². The minimum absolute atomic E-state index is 0.305. The highest BCUT2D eigenvalue weighted by molar-refractivity contribution is 8.76. The monoisotopic (exact) mass is 290 g/mol. The Bertz CT molecular complexity index is 254. The predicted molar refractivity (Wildman–Crippen MR) is 83.1 cm³/mol. The zero-order valence-corrected chi connectivity index (χ0v) is 13.7. The first-order valence-corrected chi connectivity index (χ1v) is 9.23. The molecule has 1 aliphatic rings. The van der Waals surface area contributed by atoms with E-state index in [-0.39, 0.29) is 0 Å².